The quantitative estimate of drug-likeness (QED) is 0.254. The van der Waals surface area contributed by atoms with Crippen LogP contribution in [0.3, 0.4) is 0 Å². The van der Waals surface area contributed by atoms with Crippen LogP contribution in [0.15, 0.2) is 54.7 Å². The maximum absolute atomic E-state index is 13.6. The van der Waals surface area contributed by atoms with Crippen molar-refractivity contribution in [3.05, 3.63) is 93.8 Å². The first-order chi connectivity index (χ1) is 23.5. The van der Waals surface area contributed by atoms with Crippen molar-refractivity contribution in [2.45, 2.75) is 32.5 Å². The van der Waals surface area contributed by atoms with E-state index in [0.29, 0.717) is 58.7 Å². The number of carbonyl (C=O) groups is 2. The number of nitrogens with zero attached hydrogens (tertiary/aromatic N) is 5. The zero-order valence-corrected chi connectivity index (χ0v) is 27.3. The number of amides is 2. The first-order valence-corrected chi connectivity index (χ1v) is 16.1. The average Bonchev–Trinajstić information content (AvgIpc) is 3.42. The minimum atomic E-state index is -4.54. The highest BCUT2D eigenvalue weighted by Gasteiger charge is 2.31. The molecular formula is C36H37F3N8O2. The Labute approximate surface area is 282 Å². The van der Waals surface area contributed by atoms with Gasteiger partial charge in [-0.3, -0.25) is 14.5 Å². The SMILES string of the molecule is CCN1CCN(Cc2ccc(C(F)(F)F)cc2NC(=O)Cc2cccc(C#Cc3cnc(N)nc3-c3cc4c(n3C)CCNC4=O)c2)CC1. The van der Waals surface area contributed by atoms with Crippen molar-refractivity contribution in [1.29, 1.82) is 0 Å². The van der Waals surface area contributed by atoms with Gasteiger partial charge in [-0.05, 0) is 48.0 Å². The topological polar surface area (TPSA) is 121 Å². The van der Waals surface area contributed by atoms with Crippen molar-refractivity contribution in [2.24, 2.45) is 7.05 Å². The summed E-state index contributed by atoms with van der Waals surface area (Å²) in [6.07, 6.45) is -2.38. The molecule has 0 aliphatic carbocycles. The number of nitrogen functional groups attached to an aromatic ring is 1. The Morgan fingerprint density at radius 2 is 1.84 bits per heavy atom. The van der Waals surface area contributed by atoms with Gasteiger partial charge in [0.1, 0.15) is 5.69 Å². The van der Waals surface area contributed by atoms with Gasteiger partial charge < -0.3 is 25.8 Å². The van der Waals surface area contributed by atoms with Gasteiger partial charge in [0.15, 0.2) is 0 Å². The number of likely N-dealkylation sites (N-methyl/N-ethyl adjacent to an activating group) is 1. The van der Waals surface area contributed by atoms with Gasteiger partial charge in [0.2, 0.25) is 11.9 Å². The lowest BCUT2D eigenvalue weighted by molar-refractivity contribution is -0.137. The molecule has 4 N–H and O–H groups in total. The van der Waals surface area contributed by atoms with E-state index in [1.807, 2.05) is 11.6 Å². The largest absolute Gasteiger partial charge is 0.416 e. The van der Waals surface area contributed by atoms with Crippen molar-refractivity contribution < 1.29 is 22.8 Å². The number of aromatic nitrogens is 3. The smallest absolute Gasteiger partial charge is 0.368 e. The number of halogens is 3. The first-order valence-electron chi connectivity index (χ1n) is 16.1. The molecule has 1 fully saturated rings. The number of hydrogen-bond acceptors (Lipinski definition) is 7. The molecule has 2 aliphatic heterocycles. The number of nitrogens with one attached hydrogen (secondary N) is 2. The number of benzene rings is 2. The summed E-state index contributed by atoms with van der Waals surface area (Å²) in [7, 11) is 1.87. The Bertz CT molecular complexity index is 1950. The summed E-state index contributed by atoms with van der Waals surface area (Å²) in [6.45, 7) is 7.41. The summed E-state index contributed by atoms with van der Waals surface area (Å²) in [5, 5.41) is 5.60. The molecule has 0 bridgehead atoms. The summed E-state index contributed by atoms with van der Waals surface area (Å²) in [6, 6.07) is 12.4. The lowest BCUT2D eigenvalue weighted by Gasteiger charge is -2.34. The van der Waals surface area contributed by atoms with E-state index in [1.54, 1.807) is 30.3 Å². The highest BCUT2D eigenvalue weighted by molar-refractivity contribution is 5.98. The van der Waals surface area contributed by atoms with Crippen molar-refractivity contribution >= 4 is 23.5 Å². The zero-order chi connectivity index (χ0) is 34.7. The van der Waals surface area contributed by atoms with Crippen molar-refractivity contribution in [3.8, 4) is 23.2 Å². The van der Waals surface area contributed by atoms with Crippen LogP contribution in [0, 0.1) is 11.8 Å². The number of fused-ring (bicyclic) bond motifs is 1. The summed E-state index contributed by atoms with van der Waals surface area (Å²) in [5.74, 6) is 5.70. The van der Waals surface area contributed by atoms with Crippen molar-refractivity contribution in [2.75, 3.05) is 50.3 Å². The average molecular weight is 671 g/mol. The van der Waals surface area contributed by atoms with Crippen LogP contribution in [0.2, 0.25) is 0 Å². The normalized spacial score (nSPS) is 15.2. The molecule has 13 heteroatoms. The molecule has 6 rings (SSSR count). The van der Waals surface area contributed by atoms with E-state index in [9.17, 15) is 22.8 Å². The van der Waals surface area contributed by atoms with E-state index in [0.717, 1.165) is 50.6 Å². The summed E-state index contributed by atoms with van der Waals surface area (Å²) >= 11 is 0. The van der Waals surface area contributed by atoms with Gasteiger partial charge in [0.25, 0.3) is 5.91 Å². The third kappa shape index (κ3) is 7.77. The van der Waals surface area contributed by atoms with E-state index in [2.05, 4.69) is 49.2 Å². The molecule has 2 aliphatic rings. The lowest BCUT2D eigenvalue weighted by Crippen LogP contribution is -2.45. The summed E-state index contributed by atoms with van der Waals surface area (Å²) in [4.78, 5) is 38.7. The van der Waals surface area contributed by atoms with E-state index < -0.39 is 17.6 Å². The van der Waals surface area contributed by atoms with Crippen LogP contribution in [0.4, 0.5) is 24.8 Å². The van der Waals surface area contributed by atoms with Gasteiger partial charge >= 0.3 is 6.18 Å². The fourth-order valence-corrected chi connectivity index (χ4v) is 6.23. The molecule has 0 saturated carbocycles. The molecule has 2 amide bonds. The molecule has 4 heterocycles. The molecule has 49 heavy (non-hydrogen) atoms. The second-order valence-electron chi connectivity index (χ2n) is 12.2. The molecule has 0 radical (unpaired) electrons. The van der Waals surface area contributed by atoms with Gasteiger partial charge in [0.05, 0.1) is 28.8 Å². The van der Waals surface area contributed by atoms with Gasteiger partial charge in [-0.25, -0.2) is 9.97 Å². The van der Waals surface area contributed by atoms with E-state index in [4.69, 9.17) is 5.73 Å². The Balaban J connectivity index is 1.20. The molecule has 2 aromatic carbocycles. The maximum Gasteiger partial charge on any atom is 0.416 e. The molecule has 1 saturated heterocycles. The number of anilines is 2. The monoisotopic (exact) mass is 670 g/mol. The second kappa shape index (κ2) is 14.1. The number of alkyl halides is 3. The van der Waals surface area contributed by atoms with Crippen LogP contribution in [0.25, 0.3) is 11.4 Å². The van der Waals surface area contributed by atoms with Gasteiger partial charge in [-0.2, -0.15) is 13.2 Å². The van der Waals surface area contributed by atoms with Crippen molar-refractivity contribution in [3.63, 3.8) is 0 Å². The van der Waals surface area contributed by atoms with Crippen LogP contribution in [-0.2, 0) is 37.4 Å². The highest BCUT2D eigenvalue weighted by atomic mass is 19.4. The summed E-state index contributed by atoms with van der Waals surface area (Å²) in [5.41, 5.74) is 10.3. The molecule has 0 spiro atoms. The molecule has 10 nitrogen and oxygen atoms in total. The Kier molecular flexibility index (Phi) is 9.71. The lowest BCUT2D eigenvalue weighted by atomic mass is 10.1. The fraction of sp³-hybridized carbons (Fsp3) is 0.333. The fourth-order valence-electron chi connectivity index (χ4n) is 6.23. The Morgan fingerprint density at radius 1 is 1.06 bits per heavy atom. The third-order valence-corrected chi connectivity index (χ3v) is 8.95. The molecule has 4 aromatic rings. The molecular weight excluding hydrogens is 633 g/mol. The second-order valence-corrected chi connectivity index (χ2v) is 12.2. The van der Waals surface area contributed by atoms with E-state index >= 15 is 0 Å². The predicted octanol–water partition coefficient (Wildman–Crippen LogP) is 4.09. The summed E-state index contributed by atoms with van der Waals surface area (Å²) < 4.78 is 42.8. The highest BCUT2D eigenvalue weighted by Crippen LogP contribution is 2.33. The number of carbonyl (C=O) groups excluding carboxylic acids is 2. The van der Waals surface area contributed by atoms with E-state index in [1.165, 1.54) is 12.3 Å². The minimum absolute atomic E-state index is 0.0619. The number of piperazine rings is 1. The molecule has 254 valence electrons. The van der Waals surface area contributed by atoms with Crippen LogP contribution < -0.4 is 16.4 Å². The Morgan fingerprint density at radius 3 is 2.57 bits per heavy atom. The van der Waals surface area contributed by atoms with E-state index in [-0.39, 0.29) is 24.0 Å². The van der Waals surface area contributed by atoms with Crippen LogP contribution in [0.1, 0.15) is 50.8 Å². The predicted molar refractivity (Wildman–Crippen MR) is 180 cm³/mol. The van der Waals surface area contributed by atoms with Gasteiger partial charge in [0, 0.05) is 75.9 Å². The Hall–Kier alpha value is -5.19. The third-order valence-electron chi connectivity index (χ3n) is 8.95. The van der Waals surface area contributed by atoms with Gasteiger partial charge in [-0.15, -0.1) is 0 Å². The van der Waals surface area contributed by atoms with Gasteiger partial charge in [-0.1, -0.05) is 37.0 Å². The number of hydrogen-bond donors (Lipinski definition) is 3. The number of nitrogens with two attached hydrogens (primary N) is 1. The standard InChI is InChI=1S/C36H37F3N8O2/c1-3-46-13-15-47(16-14-46)22-26-9-10-27(36(37,38)39)19-29(26)43-32(48)18-24-6-4-5-23(17-24)7-8-25-21-42-35(40)44-33(25)31-20-28-30(45(31)2)11-12-41-34(28)49/h4-6,9-10,17,19-21H,3,11-16,18,22H2,1-2H3,(H,41,49)(H,43,48)(H2,40,42,44). The first kappa shape index (κ1) is 33.7. The van der Waals surface area contributed by atoms with Crippen LogP contribution >= 0.6 is 0 Å². The van der Waals surface area contributed by atoms with Crippen LogP contribution in [-0.4, -0.2) is 75.4 Å². The zero-order valence-electron chi connectivity index (χ0n) is 27.3. The van der Waals surface area contributed by atoms with Crippen molar-refractivity contribution in [1.82, 2.24) is 29.7 Å². The molecule has 0 atom stereocenters. The minimum Gasteiger partial charge on any atom is -0.368 e. The molecule has 2 aromatic heterocycles. The number of rotatable bonds is 7. The maximum atomic E-state index is 13.6. The van der Waals surface area contributed by atoms with Crippen LogP contribution in [0.5, 0.6) is 0 Å². The molecule has 0 unspecified atom stereocenters.